The number of carbonyl (C=O) groups excluding carboxylic acids is 1. The SMILES string of the molecule is CC(=O)N[C@H]1[C@H](Oc2ccccc2Cl)O[C@@H]2COC(c3ccccc3)O[C@H]2[C@@H]1O. The topological polar surface area (TPSA) is 86.3 Å². The van der Waals surface area contributed by atoms with E-state index in [1.807, 2.05) is 30.3 Å². The minimum atomic E-state index is -1.07. The van der Waals surface area contributed by atoms with Crippen LogP contribution in [0.3, 0.4) is 0 Å². The van der Waals surface area contributed by atoms with Gasteiger partial charge in [-0.1, -0.05) is 54.1 Å². The van der Waals surface area contributed by atoms with Crippen molar-refractivity contribution >= 4 is 17.5 Å². The highest BCUT2D eigenvalue weighted by Gasteiger charge is 2.50. The number of benzene rings is 2. The maximum atomic E-state index is 11.7. The van der Waals surface area contributed by atoms with Crippen molar-refractivity contribution in [1.82, 2.24) is 5.32 Å². The fourth-order valence-electron chi connectivity index (χ4n) is 3.53. The van der Waals surface area contributed by atoms with Gasteiger partial charge in [-0.3, -0.25) is 4.79 Å². The lowest BCUT2D eigenvalue weighted by atomic mass is 9.95. The Labute approximate surface area is 173 Å². The molecule has 8 heteroatoms. The average molecular weight is 420 g/mol. The van der Waals surface area contributed by atoms with E-state index in [1.54, 1.807) is 24.3 Å². The van der Waals surface area contributed by atoms with Crippen molar-refractivity contribution in [3.05, 3.63) is 65.2 Å². The lowest BCUT2D eigenvalue weighted by Crippen LogP contribution is -2.67. The molecule has 2 aromatic rings. The zero-order valence-corrected chi connectivity index (χ0v) is 16.5. The molecule has 2 aliphatic rings. The minimum absolute atomic E-state index is 0.205. The van der Waals surface area contributed by atoms with E-state index in [1.165, 1.54) is 6.92 Å². The molecule has 154 valence electrons. The number of nitrogens with one attached hydrogen (secondary N) is 1. The highest BCUT2D eigenvalue weighted by molar-refractivity contribution is 6.32. The third-order valence-electron chi connectivity index (χ3n) is 4.89. The summed E-state index contributed by atoms with van der Waals surface area (Å²) in [6.07, 6.45) is -3.93. The molecule has 0 aromatic heterocycles. The van der Waals surface area contributed by atoms with Crippen LogP contribution >= 0.6 is 11.6 Å². The molecule has 1 amide bonds. The predicted molar refractivity (Wildman–Crippen MR) is 104 cm³/mol. The zero-order valence-electron chi connectivity index (χ0n) is 15.7. The van der Waals surface area contributed by atoms with Gasteiger partial charge in [-0.2, -0.15) is 0 Å². The van der Waals surface area contributed by atoms with Gasteiger partial charge in [-0.25, -0.2) is 0 Å². The summed E-state index contributed by atoms with van der Waals surface area (Å²) in [6.45, 7) is 1.57. The standard InChI is InChI=1S/C21H22ClNO6/c1-12(24)23-17-18(25)19-16(11-26-20(29-19)13-7-3-2-4-8-13)28-21(17)27-15-10-6-5-9-14(15)22/h2-10,16-21,25H,11H2,1H3,(H,23,24)/t16-,17-,18-,19-,20?,21-/m1/s1. The first-order valence-corrected chi connectivity index (χ1v) is 9.74. The molecule has 2 saturated heterocycles. The van der Waals surface area contributed by atoms with E-state index < -0.39 is 36.9 Å². The number of hydrogen-bond acceptors (Lipinski definition) is 6. The van der Waals surface area contributed by atoms with E-state index in [-0.39, 0.29) is 12.5 Å². The van der Waals surface area contributed by atoms with Gasteiger partial charge in [-0.15, -0.1) is 0 Å². The van der Waals surface area contributed by atoms with Crippen molar-refractivity contribution in [2.24, 2.45) is 0 Å². The molecule has 0 spiro atoms. The molecule has 29 heavy (non-hydrogen) atoms. The summed E-state index contributed by atoms with van der Waals surface area (Å²) >= 11 is 6.18. The van der Waals surface area contributed by atoms with Gasteiger partial charge >= 0.3 is 0 Å². The molecular weight excluding hydrogens is 398 g/mol. The summed E-state index contributed by atoms with van der Waals surface area (Å²) in [5.41, 5.74) is 0.837. The third-order valence-corrected chi connectivity index (χ3v) is 5.20. The van der Waals surface area contributed by atoms with Crippen LogP contribution in [0.15, 0.2) is 54.6 Å². The van der Waals surface area contributed by atoms with Crippen molar-refractivity contribution in [2.75, 3.05) is 6.61 Å². The summed E-state index contributed by atoms with van der Waals surface area (Å²) in [5.74, 6) is 0.0653. The van der Waals surface area contributed by atoms with E-state index in [0.717, 1.165) is 5.56 Å². The molecule has 0 aliphatic carbocycles. The summed E-state index contributed by atoms with van der Waals surface area (Å²) < 4.78 is 23.7. The molecule has 2 heterocycles. The first-order valence-electron chi connectivity index (χ1n) is 9.37. The monoisotopic (exact) mass is 419 g/mol. The van der Waals surface area contributed by atoms with Gasteiger partial charge in [0.1, 0.15) is 30.1 Å². The van der Waals surface area contributed by atoms with Gasteiger partial charge in [-0.05, 0) is 12.1 Å². The van der Waals surface area contributed by atoms with E-state index in [2.05, 4.69) is 5.32 Å². The molecule has 0 radical (unpaired) electrons. The van der Waals surface area contributed by atoms with Crippen LogP contribution in [0.25, 0.3) is 0 Å². The largest absolute Gasteiger partial charge is 0.461 e. The van der Waals surface area contributed by atoms with Crippen LogP contribution in [-0.4, -0.2) is 48.3 Å². The molecule has 2 aromatic carbocycles. The number of rotatable bonds is 4. The van der Waals surface area contributed by atoms with E-state index >= 15 is 0 Å². The van der Waals surface area contributed by atoms with Crippen molar-refractivity contribution in [1.29, 1.82) is 0 Å². The van der Waals surface area contributed by atoms with Crippen LogP contribution < -0.4 is 10.1 Å². The second-order valence-electron chi connectivity index (χ2n) is 6.98. The Hall–Kier alpha value is -2.16. The number of hydrogen-bond donors (Lipinski definition) is 2. The maximum absolute atomic E-state index is 11.7. The number of amides is 1. The second kappa shape index (κ2) is 8.69. The molecule has 4 rings (SSSR count). The second-order valence-corrected chi connectivity index (χ2v) is 7.39. The van der Waals surface area contributed by atoms with E-state index in [4.69, 9.17) is 30.5 Å². The molecule has 2 N–H and O–H groups in total. The molecule has 0 saturated carbocycles. The Kier molecular flexibility index (Phi) is 6.03. The van der Waals surface area contributed by atoms with Gasteiger partial charge in [0.05, 0.1) is 11.6 Å². The van der Waals surface area contributed by atoms with Crippen LogP contribution in [0.2, 0.25) is 5.02 Å². The van der Waals surface area contributed by atoms with Gasteiger partial charge in [0.15, 0.2) is 6.29 Å². The highest BCUT2D eigenvalue weighted by Crippen LogP contribution is 2.35. The Morgan fingerprint density at radius 2 is 1.86 bits per heavy atom. The van der Waals surface area contributed by atoms with Crippen LogP contribution in [0.1, 0.15) is 18.8 Å². The number of aliphatic hydroxyl groups is 1. The summed E-state index contributed by atoms with van der Waals surface area (Å²) in [7, 11) is 0. The number of para-hydroxylation sites is 1. The molecule has 7 nitrogen and oxygen atoms in total. The van der Waals surface area contributed by atoms with E-state index in [0.29, 0.717) is 10.8 Å². The fraction of sp³-hybridized carbons (Fsp3) is 0.381. The molecule has 0 bridgehead atoms. The predicted octanol–water partition coefficient (Wildman–Crippen LogP) is 2.42. The van der Waals surface area contributed by atoms with Gasteiger partial charge in [0.25, 0.3) is 0 Å². The first kappa shape index (κ1) is 20.1. The van der Waals surface area contributed by atoms with Crippen LogP contribution in [0, 0.1) is 0 Å². The molecule has 2 fully saturated rings. The quantitative estimate of drug-likeness (QED) is 0.791. The molecule has 6 atom stereocenters. The molecule has 2 aliphatic heterocycles. The van der Waals surface area contributed by atoms with Crippen LogP contribution in [0.4, 0.5) is 0 Å². The summed E-state index contributed by atoms with van der Waals surface area (Å²) in [4.78, 5) is 11.7. The third kappa shape index (κ3) is 4.39. The number of ether oxygens (including phenoxy) is 4. The minimum Gasteiger partial charge on any atom is -0.461 e. The van der Waals surface area contributed by atoms with Gasteiger partial charge in [0, 0.05) is 12.5 Å². The Balaban J connectivity index is 1.55. The highest BCUT2D eigenvalue weighted by atomic mass is 35.5. The average Bonchev–Trinajstić information content (AvgIpc) is 2.73. The normalized spacial score (nSPS) is 31.6. The summed E-state index contributed by atoms with van der Waals surface area (Å²) in [5, 5.41) is 14.1. The van der Waals surface area contributed by atoms with Crippen LogP contribution in [-0.2, 0) is 19.0 Å². The van der Waals surface area contributed by atoms with Crippen molar-refractivity contribution < 1.29 is 28.8 Å². The maximum Gasteiger partial charge on any atom is 0.223 e. The van der Waals surface area contributed by atoms with Crippen molar-refractivity contribution in [3.8, 4) is 5.75 Å². The van der Waals surface area contributed by atoms with Gasteiger partial charge < -0.3 is 29.4 Å². The summed E-state index contributed by atoms with van der Waals surface area (Å²) in [6, 6.07) is 15.5. The van der Waals surface area contributed by atoms with Gasteiger partial charge in [0.2, 0.25) is 12.2 Å². The molecular formula is C21H22ClNO6. The Morgan fingerprint density at radius 3 is 2.59 bits per heavy atom. The number of carbonyl (C=O) groups is 1. The Bertz CT molecular complexity index is 850. The van der Waals surface area contributed by atoms with Crippen molar-refractivity contribution in [2.45, 2.75) is 43.9 Å². The number of aliphatic hydroxyl groups excluding tert-OH is 1. The van der Waals surface area contributed by atoms with E-state index in [9.17, 15) is 9.90 Å². The Morgan fingerprint density at radius 1 is 1.14 bits per heavy atom. The lowest BCUT2D eigenvalue weighted by Gasteiger charge is -2.47. The first-order chi connectivity index (χ1) is 14.0. The zero-order chi connectivity index (χ0) is 20.4. The number of fused-ring (bicyclic) bond motifs is 1. The smallest absolute Gasteiger partial charge is 0.223 e. The fourth-order valence-corrected chi connectivity index (χ4v) is 3.71. The van der Waals surface area contributed by atoms with Crippen LogP contribution in [0.5, 0.6) is 5.75 Å². The lowest BCUT2D eigenvalue weighted by molar-refractivity contribution is -0.333. The van der Waals surface area contributed by atoms with Crippen molar-refractivity contribution in [3.63, 3.8) is 0 Å². The number of halogens is 1. The molecule has 1 unspecified atom stereocenters.